The van der Waals surface area contributed by atoms with E-state index in [2.05, 4.69) is 22.5 Å². The minimum absolute atomic E-state index is 0.0538. The first kappa shape index (κ1) is 15.1. The molecule has 1 fully saturated rings. The molecular weight excluding hydrogens is 274 g/mol. The van der Waals surface area contributed by atoms with Crippen LogP contribution in [-0.4, -0.2) is 31.1 Å². The van der Waals surface area contributed by atoms with Gasteiger partial charge < -0.3 is 15.5 Å². The van der Waals surface area contributed by atoms with Gasteiger partial charge in [0.05, 0.1) is 0 Å². The van der Waals surface area contributed by atoms with E-state index in [4.69, 9.17) is 11.6 Å². The fourth-order valence-corrected chi connectivity index (χ4v) is 2.78. The Hall–Kier alpha value is -1.26. The van der Waals surface area contributed by atoms with Crippen molar-refractivity contribution in [2.45, 2.75) is 32.9 Å². The lowest BCUT2D eigenvalue weighted by Crippen LogP contribution is -2.62. The molecule has 1 aromatic carbocycles. The predicted octanol–water partition coefficient (Wildman–Crippen LogP) is 2.16. The first-order valence-electron chi connectivity index (χ1n) is 7.02. The molecule has 0 aromatic heterocycles. The largest absolute Gasteiger partial charge is 0.355 e. The smallest absolute Gasteiger partial charge is 0.245 e. The average Bonchev–Trinajstić information content (AvgIpc) is 2.40. The molecule has 2 rings (SSSR count). The van der Waals surface area contributed by atoms with Crippen molar-refractivity contribution in [3.05, 3.63) is 28.8 Å². The third-order valence-electron chi connectivity index (χ3n) is 3.79. The Morgan fingerprint density at radius 3 is 2.90 bits per heavy atom. The van der Waals surface area contributed by atoms with Crippen LogP contribution in [0.4, 0.5) is 5.69 Å². The standard InChI is InChI=1S/C15H22ClN3O/c1-4-17-10-11-12(16)6-5-7-13(11)19-9-8-18-14(20)15(19,2)3/h5-7,17H,4,8-10H2,1-3H3,(H,18,20). The molecule has 1 aliphatic rings. The molecule has 0 saturated carbocycles. The fourth-order valence-electron chi connectivity index (χ4n) is 2.55. The van der Waals surface area contributed by atoms with Gasteiger partial charge in [0.25, 0.3) is 0 Å². The highest BCUT2D eigenvalue weighted by Crippen LogP contribution is 2.33. The van der Waals surface area contributed by atoms with E-state index in [1.807, 2.05) is 32.0 Å². The molecular formula is C15H22ClN3O. The Labute approximate surface area is 125 Å². The minimum Gasteiger partial charge on any atom is -0.355 e. The van der Waals surface area contributed by atoms with Gasteiger partial charge in [-0.1, -0.05) is 24.6 Å². The number of halogens is 1. The summed E-state index contributed by atoms with van der Waals surface area (Å²) in [6.07, 6.45) is 0. The van der Waals surface area contributed by atoms with Crippen LogP contribution in [0.5, 0.6) is 0 Å². The third-order valence-corrected chi connectivity index (χ3v) is 4.14. The van der Waals surface area contributed by atoms with E-state index in [-0.39, 0.29) is 5.91 Å². The van der Waals surface area contributed by atoms with E-state index in [9.17, 15) is 4.79 Å². The molecule has 0 radical (unpaired) electrons. The van der Waals surface area contributed by atoms with E-state index in [1.165, 1.54) is 0 Å². The van der Waals surface area contributed by atoms with Crippen LogP contribution in [0.2, 0.25) is 5.02 Å². The summed E-state index contributed by atoms with van der Waals surface area (Å²) in [7, 11) is 0. The fraction of sp³-hybridized carbons (Fsp3) is 0.533. The van der Waals surface area contributed by atoms with E-state index in [1.54, 1.807) is 0 Å². The van der Waals surface area contributed by atoms with Crippen molar-refractivity contribution >= 4 is 23.2 Å². The number of hydrogen-bond donors (Lipinski definition) is 2. The normalized spacial score (nSPS) is 18.0. The SMILES string of the molecule is CCNCc1c(Cl)cccc1N1CCNC(=O)C1(C)C. The zero-order chi connectivity index (χ0) is 14.8. The molecule has 1 heterocycles. The Morgan fingerprint density at radius 1 is 1.45 bits per heavy atom. The van der Waals surface area contributed by atoms with Crippen LogP contribution in [0.1, 0.15) is 26.3 Å². The summed E-state index contributed by atoms with van der Waals surface area (Å²) in [4.78, 5) is 14.3. The maximum absolute atomic E-state index is 12.1. The van der Waals surface area contributed by atoms with Gasteiger partial charge >= 0.3 is 0 Å². The lowest BCUT2D eigenvalue weighted by Gasteiger charge is -2.43. The van der Waals surface area contributed by atoms with Crippen molar-refractivity contribution in [1.82, 2.24) is 10.6 Å². The third kappa shape index (κ3) is 2.76. The second-order valence-corrected chi connectivity index (χ2v) is 5.89. The van der Waals surface area contributed by atoms with Gasteiger partial charge in [-0.3, -0.25) is 4.79 Å². The first-order valence-corrected chi connectivity index (χ1v) is 7.40. The Balaban J connectivity index is 2.40. The molecule has 4 nitrogen and oxygen atoms in total. The maximum Gasteiger partial charge on any atom is 0.245 e. The van der Waals surface area contributed by atoms with E-state index in [0.717, 1.165) is 29.4 Å². The minimum atomic E-state index is -0.566. The molecule has 1 aromatic rings. The number of piperazine rings is 1. The molecule has 2 N–H and O–H groups in total. The van der Waals surface area contributed by atoms with Crippen molar-refractivity contribution in [1.29, 1.82) is 0 Å². The second kappa shape index (κ2) is 6.02. The van der Waals surface area contributed by atoms with Gasteiger partial charge in [-0.25, -0.2) is 0 Å². The average molecular weight is 296 g/mol. The lowest BCUT2D eigenvalue weighted by molar-refractivity contribution is -0.126. The lowest BCUT2D eigenvalue weighted by atomic mass is 9.96. The molecule has 0 spiro atoms. The predicted molar refractivity (Wildman–Crippen MR) is 83.3 cm³/mol. The van der Waals surface area contributed by atoms with Crippen LogP contribution >= 0.6 is 11.6 Å². The highest BCUT2D eigenvalue weighted by molar-refractivity contribution is 6.31. The van der Waals surface area contributed by atoms with Crippen molar-refractivity contribution in [2.75, 3.05) is 24.5 Å². The number of amides is 1. The number of rotatable bonds is 4. The summed E-state index contributed by atoms with van der Waals surface area (Å²) in [6.45, 7) is 9.00. The number of carbonyl (C=O) groups excluding carboxylic acids is 1. The van der Waals surface area contributed by atoms with Crippen molar-refractivity contribution in [2.24, 2.45) is 0 Å². The number of hydrogen-bond acceptors (Lipinski definition) is 3. The van der Waals surface area contributed by atoms with Crippen LogP contribution < -0.4 is 15.5 Å². The van der Waals surface area contributed by atoms with Crippen molar-refractivity contribution in [3.63, 3.8) is 0 Å². The van der Waals surface area contributed by atoms with E-state index in [0.29, 0.717) is 13.1 Å². The Bertz CT molecular complexity index is 502. The Kier molecular flexibility index (Phi) is 4.55. The zero-order valence-electron chi connectivity index (χ0n) is 12.3. The highest BCUT2D eigenvalue weighted by Gasteiger charge is 2.38. The number of anilines is 1. The van der Waals surface area contributed by atoms with Crippen LogP contribution in [0.15, 0.2) is 18.2 Å². The van der Waals surface area contributed by atoms with Gasteiger partial charge in [0.1, 0.15) is 5.54 Å². The Morgan fingerprint density at radius 2 is 2.20 bits per heavy atom. The summed E-state index contributed by atoms with van der Waals surface area (Å²) in [5, 5.41) is 6.97. The summed E-state index contributed by atoms with van der Waals surface area (Å²) in [5.41, 5.74) is 1.53. The monoisotopic (exact) mass is 295 g/mol. The molecule has 0 aliphatic carbocycles. The molecule has 20 heavy (non-hydrogen) atoms. The summed E-state index contributed by atoms with van der Waals surface area (Å²) >= 11 is 6.35. The summed E-state index contributed by atoms with van der Waals surface area (Å²) in [5.74, 6) is 0.0538. The van der Waals surface area contributed by atoms with Gasteiger partial charge in [-0.15, -0.1) is 0 Å². The van der Waals surface area contributed by atoms with Crippen LogP contribution in [0, 0.1) is 0 Å². The second-order valence-electron chi connectivity index (χ2n) is 5.48. The van der Waals surface area contributed by atoms with E-state index < -0.39 is 5.54 Å². The molecule has 5 heteroatoms. The number of benzene rings is 1. The molecule has 0 unspecified atom stereocenters. The zero-order valence-corrected chi connectivity index (χ0v) is 13.0. The molecule has 1 amide bonds. The first-order chi connectivity index (χ1) is 9.48. The van der Waals surface area contributed by atoms with Gasteiger partial charge in [0.2, 0.25) is 5.91 Å². The topological polar surface area (TPSA) is 44.4 Å². The van der Waals surface area contributed by atoms with Crippen LogP contribution in [-0.2, 0) is 11.3 Å². The summed E-state index contributed by atoms with van der Waals surface area (Å²) < 4.78 is 0. The quantitative estimate of drug-likeness (QED) is 0.895. The van der Waals surface area contributed by atoms with Gasteiger partial charge in [-0.2, -0.15) is 0 Å². The van der Waals surface area contributed by atoms with Crippen LogP contribution in [0.25, 0.3) is 0 Å². The van der Waals surface area contributed by atoms with E-state index >= 15 is 0 Å². The number of carbonyl (C=O) groups is 1. The van der Waals surface area contributed by atoms with Gasteiger partial charge in [0.15, 0.2) is 0 Å². The summed E-state index contributed by atoms with van der Waals surface area (Å²) in [6, 6.07) is 5.88. The van der Waals surface area contributed by atoms with Gasteiger partial charge in [-0.05, 0) is 32.5 Å². The maximum atomic E-state index is 12.1. The molecule has 1 aliphatic heterocycles. The van der Waals surface area contributed by atoms with Gasteiger partial charge in [0, 0.05) is 35.9 Å². The molecule has 0 bridgehead atoms. The van der Waals surface area contributed by atoms with Crippen molar-refractivity contribution < 1.29 is 4.79 Å². The number of nitrogens with one attached hydrogen (secondary N) is 2. The molecule has 0 atom stereocenters. The highest BCUT2D eigenvalue weighted by atomic mass is 35.5. The number of nitrogens with zero attached hydrogens (tertiary/aromatic N) is 1. The van der Waals surface area contributed by atoms with Crippen molar-refractivity contribution in [3.8, 4) is 0 Å². The van der Waals surface area contributed by atoms with Crippen LogP contribution in [0.3, 0.4) is 0 Å². The molecule has 1 saturated heterocycles. The molecule has 110 valence electrons.